The van der Waals surface area contributed by atoms with Crippen molar-refractivity contribution in [2.24, 2.45) is 11.8 Å². The van der Waals surface area contributed by atoms with Crippen molar-refractivity contribution in [2.45, 2.75) is 52.2 Å². The minimum atomic E-state index is 0.727. The number of rotatable bonds is 6. The molecule has 0 radical (unpaired) electrons. The van der Waals surface area contributed by atoms with Crippen LogP contribution >= 0.6 is 0 Å². The molecular formula is C15H25N3O. The van der Waals surface area contributed by atoms with Gasteiger partial charge in [-0.3, -0.25) is 4.90 Å². The Morgan fingerprint density at radius 1 is 1.42 bits per heavy atom. The van der Waals surface area contributed by atoms with Gasteiger partial charge in [-0.25, -0.2) is 0 Å². The summed E-state index contributed by atoms with van der Waals surface area (Å²) in [5, 5.41) is 7.61. The molecule has 3 rings (SSSR count). The van der Waals surface area contributed by atoms with Crippen LogP contribution in [0.4, 0.5) is 0 Å². The van der Waals surface area contributed by atoms with Crippen molar-refractivity contribution in [2.75, 3.05) is 13.1 Å². The van der Waals surface area contributed by atoms with Gasteiger partial charge in [-0.1, -0.05) is 19.0 Å². The molecule has 4 nitrogen and oxygen atoms in total. The van der Waals surface area contributed by atoms with E-state index in [4.69, 9.17) is 4.52 Å². The standard InChI is InChI=1S/C15H25N3O/c1-11(2)12-5-6-18(9-12)10-15-7-14(17-19-15)8-16-13-3-4-13/h7,11-13,16H,3-6,8-10H2,1-2H3. The van der Waals surface area contributed by atoms with Gasteiger partial charge < -0.3 is 9.84 Å². The molecule has 1 aliphatic heterocycles. The summed E-state index contributed by atoms with van der Waals surface area (Å²) in [6.07, 6.45) is 3.95. The zero-order chi connectivity index (χ0) is 13.2. The summed E-state index contributed by atoms with van der Waals surface area (Å²) in [5.74, 6) is 2.65. The van der Waals surface area contributed by atoms with Crippen LogP contribution in [0.5, 0.6) is 0 Å². The molecule has 1 saturated heterocycles. The molecule has 2 aliphatic rings. The maximum Gasteiger partial charge on any atom is 0.151 e. The molecule has 1 saturated carbocycles. The van der Waals surface area contributed by atoms with Crippen LogP contribution < -0.4 is 5.32 Å². The normalized spacial score (nSPS) is 24.5. The van der Waals surface area contributed by atoms with E-state index in [9.17, 15) is 0 Å². The van der Waals surface area contributed by atoms with Gasteiger partial charge in [-0.05, 0) is 37.6 Å². The molecule has 4 heteroatoms. The third-order valence-corrected chi connectivity index (χ3v) is 4.39. The number of aromatic nitrogens is 1. The number of likely N-dealkylation sites (tertiary alicyclic amines) is 1. The molecular weight excluding hydrogens is 238 g/mol. The fourth-order valence-corrected chi connectivity index (χ4v) is 2.82. The summed E-state index contributed by atoms with van der Waals surface area (Å²) in [4.78, 5) is 2.49. The number of hydrogen-bond acceptors (Lipinski definition) is 4. The Balaban J connectivity index is 1.47. The SMILES string of the molecule is CC(C)C1CCN(Cc2cc(CNC3CC3)no2)C1. The zero-order valence-electron chi connectivity index (χ0n) is 12.1. The predicted octanol–water partition coefficient (Wildman–Crippen LogP) is 2.40. The highest BCUT2D eigenvalue weighted by molar-refractivity contribution is 5.06. The largest absolute Gasteiger partial charge is 0.360 e. The lowest BCUT2D eigenvalue weighted by atomic mass is 9.95. The molecule has 0 amide bonds. The summed E-state index contributed by atoms with van der Waals surface area (Å²) in [6.45, 7) is 8.81. The number of nitrogens with zero attached hydrogens (tertiary/aromatic N) is 2. The van der Waals surface area contributed by atoms with Crippen molar-refractivity contribution in [3.63, 3.8) is 0 Å². The lowest BCUT2D eigenvalue weighted by Gasteiger charge is -2.16. The average molecular weight is 263 g/mol. The molecule has 106 valence electrons. The van der Waals surface area contributed by atoms with E-state index in [1.54, 1.807) is 0 Å². The van der Waals surface area contributed by atoms with Gasteiger partial charge >= 0.3 is 0 Å². The summed E-state index contributed by atoms with van der Waals surface area (Å²) in [7, 11) is 0. The summed E-state index contributed by atoms with van der Waals surface area (Å²) in [6, 6.07) is 2.84. The van der Waals surface area contributed by atoms with Gasteiger partial charge in [0.2, 0.25) is 0 Å². The molecule has 0 aromatic carbocycles. The van der Waals surface area contributed by atoms with Gasteiger partial charge in [0, 0.05) is 25.2 Å². The summed E-state index contributed by atoms with van der Waals surface area (Å²) < 4.78 is 5.44. The first kappa shape index (κ1) is 13.1. The highest BCUT2D eigenvalue weighted by atomic mass is 16.5. The summed E-state index contributed by atoms with van der Waals surface area (Å²) >= 11 is 0. The quantitative estimate of drug-likeness (QED) is 0.855. The van der Waals surface area contributed by atoms with Crippen LogP contribution in [0.15, 0.2) is 10.6 Å². The van der Waals surface area contributed by atoms with E-state index in [1.165, 1.54) is 32.4 Å². The monoisotopic (exact) mass is 263 g/mol. The van der Waals surface area contributed by atoms with E-state index in [1.807, 2.05) is 0 Å². The topological polar surface area (TPSA) is 41.3 Å². The number of nitrogens with one attached hydrogen (secondary N) is 1. The molecule has 1 unspecified atom stereocenters. The molecule has 2 heterocycles. The fourth-order valence-electron chi connectivity index (χ4n) is 2.82. The van der Waals surface area contributed by atoms with Crippen LogP contribution in [0.3, 0.4) is 0 Å². The fraction of sp³-hybridized carbons (Fsp3) is 0.800. The second-order valence-electron chi connectivity index (χ2n) is 6.47. The third kappa shape index (κ3) is 3.57. The van der Waals surface area contributed by atoms with E-state index < -0.39 is 0 Å². The van der Waals surface area contributed by atoms with Crippen LogP contribution in [-0.2, 0) is 13.1 Å². The molecule has 1 aromatic heterocycles. The van der Waals surface area contributed by atoms with Crippen molar-refractivity contribution in [3.05, 3.63) is 17.5 Å². The average Bonchev–Trinajstić information content (AvgIpc) is 2.91. The van der Waals surface area contributed by atoms with Crippen LogP contribution in [0.1, 0.15) is 44.6 Å². The second kappa shape index (κ2) is 5.63. The molecule has 0 bridgehead atoms. The van der Waals surface area contributed by atoms with Gasteiger partial charge in [0.05, 0.1) is 12.2 Å². The highest BCUT2D eigenvalue weighted by Gasteiger charge is 2.25. The van der Waals surface area contributed by atoms with Gasteiger partial charge in [0.25, 0.3) is 0 Å². The molecule has 19 heavy (non-hydrogen) atoms. The van der Waals surface area contributed by atoms with E-state index in [0.29, 0.717) is 0 Å². The minimum absolute atomic E-state index is 0.727. The first-order valence-corrected chi connectivity index (χ1v) is 7.61. The van der Waals surface area contributed by atoms with E-state index in [-0.39, 0.29) is 0 Å². The van der Waals surface area contributed by atoms with E-state index in [2.05, 4.69) is 35.3 Å². The van der Waals surface area contributed by atoms with Gasteiger partial charge in [-0.2, -0.15) is 0 Å². The minimum Gasteiger partial charge on any atom is -0.360 e. The maximum atomic E-state index is 5.44. The highest BCUT2D eigenvalue weighted by Crippen LogP contribution is 2.25. The van der Waals surface area contributed by atoms with Gasteiger partial charge in [0.1, 0.15) is 0 Å². The van der Waals surface area contributed by atoms with Crippen molar-refractivity contribution in [1.82, 2.24) is 15.4 Å². The number of hydrogen-bond donors (Lipinski definition) is 1. The smallest absolute Gasteiger partial charge is 0.151 e. The summed E-state index contributed by atoms with van der Waals surface area (Å²) in [5.41, 5.74) is 1.04. The van der Waals surface area contributed by atoms with Crippen molar-refractivity contribution in [1.29, 1.82) is 0 Å². The van der Waals surface area contributed by atoms with Crippen molar-refractivity contribution < 1.29 is 4.52 Å². The first-order chi connectivity index (χ1) is 9.20. The van der Waals surface area contributed by atoms with Crippen LogP contribution in [0.25, 0.3) is 0 Å². The Hall–Kier alpha value is -0.870. The third-order valence-electron chi connectivity index (χ3n) is 4.39. The van der Waals surface area contributed by atoms with Gasteiger partial charge in [0.15, 0.2) is 5.76 Å². The van der Waals surface area contributed by atoms with Gasteiger partial charge in [-0.15, -0.1) is 0 Å². The Morgan fingerprint density at radius 3 is 2.95 bits per heavy atom. The second-order valence-corrected chi connectivity index (χ2v) is 6.47. The Bertz CT molecular complexity index is 411. The zero-order valence-corrected chi connectivity index (χ0v) is 12.1. The Morgan fingerprint density at radius 2 is 2.26 bits per heavy atom. The molecule has 1 atom stereocenters. The predicted molar refractivity (Wildman–Crippen MR) is 74.6 cm³/mol. The van der Waals surface area contributed by atoms with Crippen LogP contribution in [-0.4, -0.2) is 29.2 Å². The molecule has 1 aromatic rings. The van der Waals surface area contributed by atoms with Crippen LogP contribution in [0.2, 0.25) is 0 Å². The molecule has 0 spiro atoms. The van der Waals surface area contributed by atoms with E-state index >= 15 is 0 Å². The molecule has 1 aliphatic carbocycles. The molecule has 2 fully saturated rings. The lowest BCUT2D eigenvalue weighted by Crippen LogP contribution is -2.21. The van der Waals surface area contributed by atoms with Crippen molar-refractivity contribution in [3.8, 4) is 0 Å². The van der Waals surface area contributed by atoms with E-state index in [0.717, 1.165) is 42.4 Å². The maximum absolute atomic E-state index is 5.44. The Labute approximate surface area is 115 Å². The van der Waals surface area contributed by atoms with Crippen molar-refractivity contribution >= 4 is 0 Å². The Kier molecular flexibility index (Phi) is 3.89. The first-order valence-electron chi connectivity index (χ1n) is 7.61. The van der Waals surface area contributed by atoms with Crippen LogP contribution in [0, 0.1) is 11.8 Å². The lowest BCUT2D eigenvalue weighted by molar-refractivity contribution is 0.256. The molecule has 1 N–H and O–H groups in total.